The van der Waals surface area contributed by atoms with Crippen molar-refractivity contribution in [1.82, 2.24) is 14.4 Å². The first kappa shape index (κ1) is 16.6. The molecule has 0 spiro atoms. The van der Waals surface area contributed by atoms with Gasteiger partial charge in [-0.05, 0) is 31.3 Å². The highest BCUT2D eigenvalue weighted by atomic mass is 79.9. The van der Waals surface area contributed by atoms with Gasteiger partial charge in [0.15, 0.2) is 0 Å². The molecule has 1 fully saturated rings. The molecule has 3 nitrogen and oxygen atoms in total. The van der Waals surface area contributed by atoms with Crippen LogP contribution in [0, 0.1) is 0 Å². The van der Waals surface area contributed by atoms with E-state index in [0.29, 0.717) is 0 Å². The molecule has 126 valence electrons. The molecule has 0 aliphatic carbocycles. The molecule has 0 bridgehead atoms. The average Bonchev–Trinajstić information content (AvgIpc) is 2.86. The molecule has 1 saturated heterocycles. The van der Waals surface area contributed by atoms with Gasteiger partial charge in [0.2, 0.25) is 0 Å². The van der Waals surface area contributed by atoms with Crippen LogP contribution < -0.4 is 0 Å². The fourth-order valence-corrected chi connectivity index (χ4v) is 4.29. The fourth-order valence-electron chi connectivity index (χ4n) is 3.60. The van der Waals surface area contributed by atoms with E-state index < -0.39 is 0 Å². The monoisotopic (exact) mass is 449 g/mol. The van der Waals surface area contributed by atoms with Gasteiger partial charge < -0.3 is 9.47 Å². The van der Waals surface area contributed by atoms with Crippen LogP contribution in [0.4, 0.5) is 0 Å². The number of rotatable bonds is 3. The predicted octanol–water partition coefficient (Wildman–Crippen LogP) is 4.57. The van der Waals surface area contributed by atoms with Crippen LogP contribution in [0.5, 0.6) is 0 Å². The minimum atomic E-state index is 1.02. The predicted molar refractivity (Wildman–Crippen MR) is 109 cm³/mol. The number of nitrogens with zero attached hydrogens (tertiary/aromatic N) is 3. The van der Waals surface area contributed by atoms with Gasteiger partial charge in [-0.25, -0.2) is 0 Å². The molecule has 24 heavy (non-hydrogen) atoms. The smallest absolute Gasteiger partial charge is 0.0503 e. The molecule has 4 rings (SSSR count). The third-order valence-corrected chi connectivity index (χ3v) is 6.01. The summed E-state index contributed by atoms with van der Waals surface area (Å²) in [5, 5.41) is 2.66. The van der Waals surface area contributed by atoms with Crippen molar-refractivity contribution >= 4 is 53.7 Å². The standard InChI is InChI=1S/C19H21Br2N3/c1-22-6-8-23(9-7-22)10-11-24-18-12-14(20)2-4-16(18)17-5-3-15(21)13-19(17)24/h2-5,12-13H,6-11H2,1H3. The number of hydrogen-bond acceptors (Lipinski definition) is 2. The van der Waals surface area contributed by atoms with Crippen molar-refractivity contribution in [3.8, 4) is 0 Å². The van der Waals surface area contributed by atoms with Crippen LogP contribution in [-0.2, 0) is 6.54 Å². The molecule has 5 heteroatoms. The average molecular weight is 451 g/mol. The second-order valence-electron chi connectivity index (χ2n) is 6.62. The molecule has 0 amide bonds. The minimum absolute atomic E-state index is 1.02. The molecular weight excluding hydrogens is 430 g/mol. The molecular formula is C19H21Br2N3. The first-order chi connectivity index (χ1) is 11.6. The van der Waals surface area contributed by atoms with Gasteiger partial charge in [-0.2, -0.15) is 0 Å². The van der Waals surface area contributed by atoms with E-state index in [1.165, 1.54) is 48.0 Å². The zero-order valence-electron chi connectivity index (χ0n) is 13.8. The van der Waals surface area contributed by atoms with Crippen molar-refractivity contribution < 1.29 is 0 Å². The van der Waals surface area contributed by atoms with Gasteiger partial charge in [0.1, 0.15) is 0 Å². The summed E-state index contributed by atoms with van der Waals surface area (Å²) < 4.78 is 4.74. The molecule has 0 unspecified atom stereocenters. The summed E-state index contributed by atoms with van der Waals surface area (Å²) >= 11 is 7.27. The van der Waals surface area contributed by atoms with Gasteiger partial charge in [0, 0.05) is 59.0 Å². The van der Waals surface area contributed by atoms with E-state index in [9.17, 15) is 0 Å². The highest BCUT2D eigenvalue weighted by Gasteiger charge is 2.16. The molecule has 1 aliphatic heterocycles. The Morgan fingerprint density at radius 2 is 1.33 bits per heavy atom. The Morgan fingerprint density at radius 3 is 1.88 bits per heavy atom. The molecule has 2 heterocycles. The number of hydrogen-bond donors (Lipinski definition) is 0. The summed E-state index contributed by atoms with van der Waals surface area (Å²) in [5.74, 6) is 0. The maximum Gasteiger partial charge on any atom is 0.0503 e. The van der Waals surface area contributed by atoms with Crippen molar-refractivity contribution in [3.63, 3.8) is 0 Å². The molecule has 0 N–H and O–H groups in total. The van der Waals surface area contributed by atoms with Gasteiger partial charge in [0.25, 0.3) is 0 Å². The van der Waals surface area contributed by atoms with E-state index in [1.807, 2.05) is 0 Å². The van der Waals surface area contributed by atoms with Crippen molar-refractivity contribution in [2.75, 3.05) is 39.8 Å². The lowest BCUT2D eigenvalue weighted by molar-refractivity contribution is 0.151. The lowest BCUT2D eigenvalue weighted by atomic mass is 10.2. The molecule has 0 saturated carbocycles. The van der Waals surface area contributed by atoms with Gasteiger partial charge in [-0.3, -0.25) is 4.90 Å². The molecule has 0 atom stereocenters. The zero-order chi connectivity index (χ0) is 16.7. The van der Waals surface area contributed by atoms with Crippen LogP contribution >= 0.6 is 31.9 Å². The van der Waals surface area contributed by atoms with Crippen LogP contribution in [0.1, 0.15) is 0 Å². The quantitative estimate of drug-likeness (QED) is 0.579. The number of halogens is 2. The van der Waals surface area contributed by atoms with Gasteiger partial charge >= 0.3 is 0 Å². The zero-order valence-corrected chi connectivity index (χ0v) is 17.0. The second-order valence-corrected chi connectivity index (χ2v) is 8.45. The summed E-state index contributed by atoms with van der Waals surface area (Å²) in [5.41, 5.74) is 2.62. The van der Waals surface area contributed by atoms with Crippen LogP contribution in [0.2, 0.25) is 0 Å². The highest BCUT2D eigenvalue weighted by molar-refractivity contribution is 9.10. The molecule has 2 aromatic carbocycles. The third-order valence-electron chi connectivity index (χ3n) is 5.03. The first-order valence-corrected chi connectivity index (χ1v) is 9.98. The summed E-state index contributed by atoms with van der Waals surface area (Å²) in [7, 11) is 2.21. The summed E-state index contributed by atoms with van der Waals surface area (Å²) in [4.78, 5) is 4.98. The summed E-state index contributed by atoms with van der Waals surface area (Å²) in [6.07, 6.45) is 0. The van der Waals surface area contributed by atoms with Crippen LogP contribution in [0.15, 0.2) is 45.3 Å². The van der Waals surface area contributed by atoms with E-state index in [4.69, 9.17) is 0 Å². The van der Waals surface area contributed by atoms with E-state index in [1.54, 1.807) is 0 Å². The van der Waals surface area contributed by atoms with Crippen LogP contribution in [0.25, 0.3) is 21.8 Å². The third kappa shape index (κ3) is 3.15. The van der Waals surface area contributed by atoms with E-state index in [2.05, 4.69) is 89.7 Å². The Kier molecular flexibility index (Phi) is 4.69. The molecule has 3 aromatic rings. The Bertz CT molecular complexity index is 820. The summed E-state index contributed by atoms with van der Waals surface area (Å²) in [6, 6.07) is 13.2. The van der Waals surface area contributed by atoms with Crippen LogP contribution in [-0.4, -0.2) is 54.1 Å². The SMILES string of the molecule is CN1CCN(CCn2c3cc(Br)ccc3c3ccc(Br)cc32)CC1. The molecule has 0 radical (unpaired) electrons. The number of aromatic nitrogens is 1. The highest BCUT2D eigenvalue weighted by Crippen LogP contribution is 2.32. The number of benzene rings is 2. The normalized spacial score (nSPS) is 17.1. The van der Waals surface area contributed by atoms with Crippen molar-refractivity contribution in [1.29, 1.82) is 0 Å². The minimum Gasteiger partial charge on any atom is -0.339 e. The van der Waals surface area contributed by atoms with E-state index >= 15 is 0 Å². The van der Waals surface area contributed by atoms with Crippen molar-refractivity contribution in [2.24, 2.45) is 0 Å². The van der Waals surface area contributed by atoms with Crippen LogP contribution in [0.3, 0.4) is 0 Å². The maximum absolute atomic E-state index is 3.63. The molecule has 1 aliphatic rings. The Hall–Kier alpha value is -0.880. The Morgan fingerprint density at radius 1 is 0.792 bits per heavy atom. The topological polar surface area (TPSA) is 11.4 Å². The number of piperazine rings is 1. The van der Waals surface area contributed by atoms with Gasteiger partial charge in [-0.15, -0.1) is 0 Å². The van der Waals surface area contributed by atoms with Gasteiger partial charge in [-0.1, -0.05) is 44.0 Å². The fraction of sp³-hybridized carbons (Fsp3) is 0.368. The van der Waals surface area contributed by atoms with Crippen molar-refractivity contribution in [3.05, 3.63) is 45.3 Å². The van der Waals surface area contributed by atoms with E-state index in [0.717, 1.165) is 22.0 Å². The largest absolute Gasteiger partial charge is 0.339 e. The number of likely N-dealkylation sites (N-methyl/N-ethyl adjacent to an activating group) is 1. The first-order valence-electron chi connectivity index (χ1n) is 8.40. The Labute approximate surface area is 159 Å². The maximum atomic E-state index is 3.63. The second kappa shape index (κ2) is 6.79. The lowest BCUT2D eigenvalue weighted by Gasteiger charge is -2.32. The van der Waals surface area contributed by atoms with E-state index in [-0.39, 0.29) is 0 Å². The number of fused-ring (bicyclic) bond motifs is 3. The van der Waals surface area contributed by atoms with Gasteiger partial charge in [0.05, 0.1) is 11.0 Å². The molecule has 1 aromatic heterocycles. The summed E-state index contributed by atoms with van der Waals surface area (Å²) in [6.45, 7) is 6.80. The van der Waals surface area contributed by atoms with Crippen molar-refractivity contribution in [2.45, 2.75) is 6.54 Å². The Balaban J connectivity index is 1.71. The lowest BCUT2D eigenvalue weighted by Crippen LogP contribution is -2.45.